The van der Waals surface area contributed by atoms with Gasteiger partial charge in [0.25, 0.3) is 11.7 Å². The van der Waals surface area contributed by atoms with Crippen molar-refractivity contribution in [3.05, 3.63) is 88.9 Å². The number of aliphatic hydroxyl groups excluding tert-OH is 1. The predicted molar refractivity (Wildman–Crippen MR) is 122 cm³/mol. The average molecular weight is 431 g/mol. The van der Waals surface area contributed by atoms with E-state index in [1.165, 1.54) is 11.2 Å². The zero-order chi connectivity index (χ0) is 23.0. The molecule has 0 aliphatic carbocycles. The summed E-state index contributed by atoms with van der Waals surface area (Å²) in [6, 6.07) is 15.0. The van der Waals surface area contributed by atoms with Crippen LogP contribution in [-0.2, 0) is 9.59 Å². The van der Waals surface area contributed by atoms with Crippen molar-refractivity contribution < 1.29 is 23.8 Å². The van der Waals surface area contributed by atoms with Crippen LogP contribution in [0.2, 0.25) is 0 Å². The first-order valence-corrected chi connectivity index (χ1v) is 10.5. The van der Waals surface area contributed by atoms with Crippen molar-refractivity contribution in [1.82, 2.24) is 0 Å². The number of Topliss-reactive ketones (excluding diaryl/α,β-unsaturated/α-hetero) is 1. The summed E-state index contributed by atoms with van der Waals surface area (Å²) in [7, 11) is 0. The molecule has 6 heteroatoms. The van der Waals surface area contributed by atoms with E-state index in [2.05, 4.69) is 0 Å². The Morgan fingerprint density at radius 1 is 1.06 bits per heavy atom. The van der Waals surface area contributed by atoms with Crippen LogP contribution in [0.5, 0.6) is 5.75 Å². The normalized spacial score (nSPS) is 17.9. The molecule has 1 amide bonds. The van der Waals surface area contributed by atoms with Crippen LogP contribution in [0.3, 0.4) is 0 Å². The second-order valence-corrected chi connectivity index (χ2v) is 8.17. The summed E-state index contributed by atoms with van der Waals surface area (Å²) in [6.45, 7) is 7.64. The minimum Gasteiger partial charge on any atom is -0.507 e. The van der Waals surface area contributed by atoms with Gasteiger partial charge in [0.2, 0.25) is 0 Å². The number of carbonyl (C=O) groups excluding carboxylic acids is 2. The van der Waals surface area contributed by atoms with Crippen molar-refractivity contribution in [1.29, 1.82) is 0 Å². The summed E-state index contributed by atoms with van der Waals surface area (Å²) in [4.78, 5) is 27.7. The fourth-order valence-electron chi connectivity index (χ4n) is 3.90. The predicted octanol–water partition coefficient (Wildman–Crippen LogP) is 5.31. The third kappa shape index (κ3) is 3.80. The van der Waals surface area contributed by atoms with Crippen LogP contribution in [0.15, 0.2) is 70.9 Å². The molecule has 6 nitrogen and oxygen atoms in total. The molecule has 1 N–H and O–H groups in total. The van der Waals surface area contributed by atoms with Gasteiger partial charge in [-0.25, -0.2) is 0 Å². The molecule has 1 aliphatic heterocycles. The third-order valence-corrected chi connectivity index (χ3v) is 5.38. The van der Waals surface area contributed by atoms with E-state index in [0.717, 1.165) is 11.1 Å². The number of carbonyl (C=O) groups is 2. The molecule has 4 rings (SSSR count). The van der Waals surface area contributed by atoms with E-state index in [9.17, 15) is 14.7 Å². The molecular formula is C26H25NO5. The number of ether oxygens (including phenoxy) is 1. The molecule has 1 aliphatic rings. The van der Waals surface area contributed by atoms with Crippen LogP contribution in [0, 0.1) is 13.8 Å². The highest BCUT2D eigenvalue weighted by molar-refractivity contribution is 6.51. The third-order valence-electron chi connectivity index (χ3n) is 5.38. The van der Waals surface area contributed by atoms with Crippen molar-refractivity contribution in [2.45, 2.75) is 39.8 Å². The summed E-state index contributed by atoms with van der Waals surface area (Å²) in [5.41, 5.74) is 2.80. The molecular weight excluding hydrogens is 406 g/mol. The number of furan rings is 1. The van der Waals surface area contributed by atoms with Gasteiger partial charge in [-0.1, -0.05) is 12.1 Å². The quantitative estimate of drug-likeness (QED) is 0.336. The van der Waals surface area contributed by atoms with E-state index in [1.54, 1.807) is 36.4 Å². The monoisotopic (exact) mass is 431 g/mol. The Morgan fingerprint density at radius 2 is 1.78 bits per heavy atom. The van der Waals surface area contributed by atoms with Gasteiger partial charge in [-0.05, 0) is 81.3 Å². The Labute approximate surface area is 186 Å². The lowest BCUT2D eigenvalue weighted by Crippen LogP contribution is -2.30. The minimum atomic E-state index is -0.878. The fraction of sp³-hybridized carbons (Fsp3) is 0.231. The number of aryl methyl sites for hydroxylation is 2. The van der Waals surface area contributed by atoms with E-state index >= 15 is 0 Å². The number of benzene rings is 2. The second-order valence-electron chi connectivity index (χ2n) is 8.17. The molecule has 1 saturated heterocycles. The number of hydrogen-bond acceptors (Lipinski definition) is 5. The van der Waals surface area contributed by atoms with Crippen molar-refractivity contribution in [2.24, 2.45) is 0 Å². The van der Waals surface area contributed by atoms with E-state index in [-0.39, 0.29) is 17.4 Å². The van der Waals surface area contributed by atoms with Crippen molar-refractivity contribution >= 4 is 23.1 Å². The molecule has 1 fully saturated rings. The fourth-order valence-corrected chi connectivity index (χ4v) is 3.90. The molecule has 32 heavy (non-hydrogen) atoms. The van der Waals surface area contributed by atoms with E-state index < -0.39 is 17.7 Å². The van der Waals surface area contributed by atoms with Gasteiger partial charge in [-0.2, -0.15) is 0 Å². The average Bonchev–Trinajstić information content (AvgIpc) is 3.37. The van der Waals surface area contributed by atoms with Crippen molar-refractivity contribution in [3.8, 4) is 5.75 Å². The van der Waals surface area contributed by atoms with E-state index in [0.29, 0.717) is 22.8 Å². The summed E-state index contributed by atoms with van der Waals surface area (Å²) in [5, 5.41) is 11.1. The van der Waals surface area contributed by atoms with Crippen LogP contribution in [0.1, 0.15) is 42.3 Å². The maximum Gasteiger partial charge on any atom is 0.300 e. The number of hydrogen-bond donors (Lipinski definition) is 1. The first-order valence-electron chi connectivity index (χ1n) is 10.5. The summed E-state index contributed by atoms with van der Waals surface area (Å²) >= 11 is 0. The van der Waals surface area contributed by atoms with Gasteiger partial charge < -0.3 is 14.3 Å². The molecule has 1 aromatic heterocycles. The lowest BCUT2D eigenvalue weighted by Gasteiger charge is -2.25. The maximum absolute atomic E-state index is 13.2. The first-order chi connectivity index (χ1) is 15.3. The van der Waals surface area contributed by atoms with Gasteiger partial charge in [0.15, 0.2) is 0 Å². The highest BCUT2D eigenvalue weighted by atomic mass is 16.5. The van der Waals surface area contributed by atoms with Gasteiger partial charge in [0.05, 0.1) is 17.9 Å². The van der Waals surface area contributed by atoms with Crippen LogP contribution in [-0.4, -0.2) is 22.9 Å². The SMILES string of the molecule is Cc1ccc(C)c(N2C(=O)C(=O)/C(=C(\O)c3ccc(OC(C)C)cc3)C2c2ccco2)c1. The Morgan fingerprint density at radius 3 is 2.41 bits per heavy atom. The molecule has 0 saturated carbocycles. The smallest absolute Gasteiger partial charge is 0.300 e. The summed E-state index contributed by atoms with van der Waals surface area (Å²) in [6.07, 6.45) is 1.49. The number of anilines is 1. The largest absolute Gasteiger partial charge is 0.507 e. The summed E-state index contributed by atoms with van der Waals surface area (Å²) < 4.78 is 11.3. The molecule has 0 spiro atoms. The van der Waals surface area contributed by atoms with Crippen LogP contribution < -0.4 is 9.64 Å². The zero-order valence-electron chi connectivity index (χ0n) is 18.5. The number of aliphatic hydroxyl groups is 1. The second kappa shape index (κ2) is 8.38. The lowest BCUT2D eigenvalue weighted by atomic mass is 9.98. The molecule has 2 aromatic carbocycles. The van der Waals surface area contributed by atoms with Gasteiger partial charge in [-0.15, -0.1) is 0 Å². The standard InChI is InChI=1S/C26H25NO5/c1-15(2)32-19-11-9-18(10-12-19)24(28)22-23(21-6-5-13-31-21)27(26(30)25(22)29)20-14-16(3)7-8-17(20)4/h5-15,23,28H,1-4H3/b24-22-. The number of rotatable bonds is 5. The maximum atomic E-state index is 13.2. The van der Waals surface area contributed by atoms with Crippen LogP contribution in [0.25, 0.3) is 5.76 Å². The summed E-state index contributed by atoms with van der Waals surface area (Å²) in [5.74, 6) is -0.677. The Hall–Kier alpha value is -3.80. The molecule has 3 aromatic rings. The van der Waals surface area contributed by atoms with Crippen LogP contribution in [0.4, 0.5) is 5.69 Å². The molecule has 0 bridgehead atoms. The zero-order valence-corrected chi connectivity index (χ0v) is 18.5. The van der Waals surface area contributed by atoms with Gasteiger partial charge in [-0.3, -0.25) is 14.5 Å². The van der Waals surface area contributed by atoms with Crippen LogP contribution >= 0.6 is 0 Å². The van der Waals surface area contributed by atoms with E-state index in [1.807, 2.05) is 45.9 Å². The number of amides is 1. The highest BCUT2D eigenvalue weighted by Crippen LogP contribution is 2.43. The topological polar surface area (TPSA) is 80.0 Å². The van der Waals surface area contributed by atoms with Crippen molar-refractivity contribution in [3.63, 3.8) is 0 Å². The molecule has 2 heterocycles. The molecule has 1 atom stereocenters. The highest BCUT2D eigenvalue weighted by Gasteiger charge is 2.48. The Bertz CT molecular complexity index is 1190. The lowest BCUT2D eigenvalue weighted by molar-refractivity contribution is -0.132. The molecule has 1 unspecified atom stereocenters. The minimum absolute atomic E-state index is 0.0105. The van der Waals surface area contributed by atoms with E-state index in [4.69, 9.17) is 9.15 Å². The van der Waals surface area contributed by atoms with Gasteiger partial charge in [0.1, 0.15) is 23.3 Å². The Balaban J connectivity index is 1.86. The molecule has 0 radical (unpaired) electrons. The van der Waals surface area contributed by atoms with Gasteiger partial charge >= 0.3 is 0 Å². The number of nitrogens with zero attached hydrogens (tertiary/aromatic N) is 1. The van der Waals surface area contributed by atoms with Crippen molar-refractivity contribution in [2.75, 3.05) is 4.90 Å². The number of ketones is 1. The molecule has 164 valence electrons. The first kappa shape index (κ1) is 21.4. The Kier molecular flexibility index (Phi) is 5.61. The van der Waals surface area contributed by atoms with Gasteiger partial charge in [0, 0.05) is 11.3 Å².